The third-order valence-electron chi connectivity index (χ3n) is 1.27. The summed E-state index contributed by atoms with van der Waals surface area (Å²) < 4.78 is 12.3. The van der Waals surface area contributed by atoms with Crippen LogP contribution in [0.2, 0.25) is 0 Å². The van der Waals surface area contributed by atoms with Gasteiger partial charge in [-0.3, -0.25) is 4.79 Å². The van der Waals surface area contributed by atoms with E-state index in [1.165, 1.54) is 24.3 Å². The second-order valence-electron chi connectivity index (χ2n) is 2.20. The molecule has 4 heteroatoms. The molecule has 0 bridgehead atoms. The summed E-state index contributed by atoms with van der Waals surface area (Å²) in [7, 11) is 0. The molecule has 0 unspecified atom stereocenters. The van der Waals surface area contributed by atoms with Crippen molar-refractivity contribution in [2.75, 3.05) is 0 Å². The van der Waals surface area contributed by atoms with Gasteiger partial charge in [0.05, 0.1) is 6.42 Å². The maximum atomic E-state index is 12.3. The number of carboxylic acids is 1. The van der Waals surface area contributed by atoms with Gasteiger partial charge in [-0.05, 0) is 17.7 Å². The number of carboxylic acid groups (broad SMARTS) is 1. The van der Waals surface area contributed by atoms with E-state index in [9.17, 15) is 9.18 Å². The smallest absolute Gasteiger partial charge is 0.481 e. The van der Waals surface area contributed by atoms with Gasteiger partial charge in [-0.25, -0.2) is 4.39 Å². The van der Waals surface area contributed by atoms with E-state index in [-0.39, 0.29) is 38.5 Å². The van der Waals surface area contributed by atoms with E-state index in [4.69, 9.17) is 5.11 Å². The Morgan fingerprint density at radius 2 is 1.77 bits per heavy atom. The average molecular weight is 176 g/mol. The van der Waals surface area contributed by atoms with Gasteiger partial charge in [0.25, 0.3) is 0 Å². The van der Waals surface area contributed by atoms with Gasteiger partial charge in [0.1, 0.15) is 5.82 Å². The standard InChI is InChI=1S/C8H7FO2.CH3.Li/c9-7-3-1-6(2-4-7)5-8(10)11;;/h1-4H,5H2,(H,10,11);1H3;/q;-1;+1. The van der Waals surface area contributed by atoms with Crippen molar-refractivity contribution in [3.05, 3.63) is 43.1 Å². The molecule has 0 fully saturated rings. The Bertz CT molecular complexity index is 259. The number of rotatable bonds is 2. The van der Waals surface area contributed by atoms with Gasteiger partial charge in [0.2, 0.25) is 0 Å². The van der Waals surface area contributed by atoms with Gasteiger partial charge in [-0.1, -0.05) is 12.1 Å². The molecule has 0 saturated carbocycles. The zero-order chi connectivity index (χ0) is 8.27. The van der Waals surface area contributed by atoms with Crippen molar-refractivity contribution in [2.45, 2.75) is 6.42 Å². The molecular weight excluding hydrogens is 166 g/mol. The molecule has 1 N–H and O–H groups in total. The molecule has 0 amide bonds. The molecule has 1 aromatic rings. The van der Waals surface area contributed by atoms with Crippen molar-refractivity contribution >= 4 is 5.97 Å². The molecule has 13 heavy (non-hydrogen) atoms. The van der Waals surface area contributed by atoms with E-state index in [2.05, 4.69) is 0 Å². The quantitative estimate of drug-likeness (QED) is 0.459. The van der Waals surface area contributed by atoms with Crippen LogP contribution in [-0.2, 0) is 11.2 Å². The fourth-order valence-electron chi connectivity index (χ4n) is 0.777. The first-order chi connectivity index (χ1) is 5.18. The average Bonchev–Trinajstić information content (AvgIpc) is 1.93. The normalized spacial score (nSPS) is 8.08. The number of hydrogen-bond donors (Lipinski definition) is 1. The molecule has 1 rings (SSSR count). The number of aliphatic carboxylic acids is 1. The minimum atomic E-state index is -0.906. The van der Waals surface area contributed by atoms with E-state index >= 15 is 0 Å². The molecule has 0 atom stereocenters. The maximum absolute atomic E-state index is 12.3. The van der Waals surface area contributed by atoms with Crippen molar-refractivity contribution in [2.24, 2.45) is 0 Å². The van der Waals surface area contributed by atoms with Crippen LogP contribution in [0.4, 0.5) is 4.39 Å². The Hall–Kier alpha value is -0.783. The fourth-order valence-corrected chi connectivity index (χ4v) is 0.777. The summed E-state index contributed by atoms with van der Waals surface area (Å²) in [4.78, 5) is 10.2. The zero-order valence-electron chi connectivity index (χ0n) is 7.75. The van der Waals surface area contributed by atoms with Crippen molar-refractivity contribution in [1.29, 1.82) is 0 Å². The topological polar surface area (TPSA) is 37.3 Å². The predicted molar refractivity (Wildman–Crippen MR) is 44.2 cm³/mol. The van der Waals surface area contributed by atoms with Crippen LogP contribution < -0.4 is 18.9 Å². The SMILES string of the molecule is O=C(O)Cc1ccc(F)cc1.[CH3-].[Li+]. The number of hydrogen-bond acceptors (Lipinski definition) is 1. The van der Waals surface area contributed by atoms with Gasteiger partial charge >= 0.3 is 24.8 Å². The summed E-state index contributed by atoms with van der Waals surface area (Å²) in [5, 5.41) is 8.34. The van der Waals surface area contributed by atoms with Crippen LogP contribution in [0.3, 0.4) is 0 Å². The van der Waals surface area contributed by atoms with Gasteiger partial charge in [0.15, 0.2) is 0 Å². The van der Waals surface area contributed by atoms with Crippen LogP contribution in [0.25, 0.3) is 0 Å². The largest absolute Gasteiger partial charge is 1.00 e. The van der Waals surface area contributed by atoms with Crippen LogP contribution in [0, 0.1) is 13.2 Å². The van der Waals surface area contributed by atoms with Gasteiger partial charge in [-0.2, -0.15) is 0 Å². The van der Waals surface area contributed by atoms with Crippen LogP contribution in [0.1, 0.15) is 5.56 Å². The molecular formula is C9H10FLiO2. The van der Waals surface area contributed by atoms with Gasteiger partial charge < -0.3 is 12.5 Å². The molecule has 0 radical (unpaired) electrons. The first-order valence-electron chi connectivity index (χ1n) is 3.15. The van der Waals surface area contributed by atoms with Crippen LogP contribution >= 0.6 is 0 Å². The maximum Gasteiger partial charge on any atom is 1.00 e. The second kappa shape index (κ2) is 6.70. The second-order valence-corrected chi connectivity index (χ2v) is 2.20. The minimum Gasteiger partial charge on any atom is -0.481 e. The molecule has 0 aliphatic carbocycles. The van der Waals surface area contributed by atoms with E-state index in [1.54, 1.807) is 0 Å². The van der Waals surface area contributed by atoms with E-state index in [0.29, 0.717) is 5.56 Å². The summed E-state index contributed by atoms with van der Waals surface area (Å²) in [5.41, 5.74) is 0.610. The summed E-state index contributed by atoms with van der Waals surface area (Å²) in [6.07, 6.45) is -0.0553. The van der Waals surface area contributed by atoms with Gasteiger partial charge in [0, 0.05) is 0 Å². The van der Waals surface area contributed by atoms with Crippen LogP contribution in [-0.4, -0.2) is 11.1 Å². The molecule has 0 aromatic heterocycles. The molecule has 0 aliphatic heterocycles. The zero-order valence-corrected chi connectivity index (χ0v) is 7.75. The Morgan fingerprint density at radius 1 is 1.31 bits per heavy atom. The monoisotopic (exact) mass is 176 g/mol. The van der Waals surface area contributed by atoms with Crippen molar-refractivity contribution in [3.63, 3.8) is 0 Å². The molecule has 2 nitrogen and oxygen atoms in total. The summed E-state index contributed by atoms with van der Waals surface area (Å²) in [5.74, 6) is -1.25. The van der Waals surface area contributed by atoms with E-state index in [0.717, 1.165) is 0 Å². The van der Waals surface area contributed by atoms with Crippen molar-refractivity contribution in [1.82, 2.24) is 0 Å². The Morgan fingerprint density at radius 3 is 2.15 bits per heavy atom. The first-order valence-corrected chi connectivity index (χ1v) is 3.15. The number of halogens is 1. The predicted octanol–water partition coefficient (Wildman–Crippen LogP) is -1.09. The van der Waals surface area contributed by atoms with E-state index < -0.39 is 5.97 Å². The molecule has 66 valence electrons. The molecule has 0 heterocycles. The first kappa shape index (κ1) is 14.7. The molecule has 0 saturated heterocycles. The third-order valence-corrected chi connectivity index (χ3v) is 1.27. The Balaban J connectivity index is 0. The minimum absolute atomic E-state index is 0. The molecule has 1 aromatic carbocycles. The van der Waals surface area contributed by atoms with Gasteiger partial charge in [-0.15, -0.1) is 0 Å². The molecule has 0 aliphatic rings. The molecule has 0 spiro atoms. The van der Waals surface area contributed by atoms with Crippen LogP contribution in [0.15, 0.2) is 24.3 Å². The number of benzene rings is 1. The summed E-state index contributed by atoms with van der Waals surface area (Å²) >= 11 is 0. The summed E-state index contributed by atoms with van der Waals surface area (Å²) in [6.45, 7) is 0. The van der Waals surface area contributed by atoms with Crippen molar-refractivity contribution < 1.29 is 33.2 Å². The summed E-state index contributed by atoms with van der Waals surface area (Å²) in [6, 6.07) is 5.42. The van der Waals surface area contributed by atoms with E-state index in [1.807, 2.05) is 0 Å². The Labute approximate surface area is 89.0 Å². The fraction of sp³-hybridized carbons (Fsp3) is 0.111. The Kier molecular flexibility index (Phi) is 7.59. The van der Waals surface area contributed by atoms with Crippen LogP contribution in [0.5, 0.6) is 0 Å². The third kappa shape index (κ3) is 5.46. The number of carbonyl (C=O) groups is 1. The van der Waals surface area contributed by atoms with Crippen molar-refractivity contribution in [3.8, 4) is 0 Å².